The van der Waals surface area contributed by atoms with Gasteiger partial charge < -0.3 is 19.7 Å². The molecule has 1 aliphatic rings. The zero-order valence-electron chi connectivity index (χ0n) is 14.2. The molecule has 0 radical (unpaired) electrons. The van der Waals surface area contributed by atoms with Crippen molar-refractivity contribution in [3.63, 3.8) is 0 Å². The highest BCUT2D eigenvalue weighted by atomic mass is 16.6. The van der Waals surface area contributed by atoms with Crippen molar-refractivity contribution in [2.45, 2.75) is 13.8 Å². The van der Waals surface area contributed by atoms with Gasteiger partial charge in [-0.15, -0.1) is 0 Å². The van der Waals surface area contributed by atoms with Gasteiger partial charge in [-0.05, 0) is 31.2 Å². The van der Waals surface area contributed by atoms with Crippen LogP contribution in [0.25, 0.3) is 0 Å². The molecule has 3 rings (SSSR count). The van der Waals surface area contributed by atoms with Crippen LogP contribution in [0.5, 0.6) is 11.5 Å². The number of nitrogens with one attached hydrogen (secondary N) is 1. The van der Waals surface area contributed by atoms with Gasteiger partial charge in [0.2, 0.25) is 11.8 Å². The Labute approximate surface area is 146 Å². The molecule has 0 saturated heterocycles. The number of amides is 2. The summed E-state index contributed by atoms with van der Waals surface area (Å²) in [6.07, 6.45) is 0. The smallest absolute Gasteiger partial charge is 0.244 e. The molecule has 2 aromatic carbocycles. The number of rotatable bonds is 4. The van der Waals surface area contributed by atoms with Crippen molar-refractivity contribution in [1.29, 1.82) is 0 Å². The topological polar surface area (TPSA) is 67.9 Å². The first-order valence-corrected chi connectivity index (χ1v) is 8.07. The summed E-state index contributed by atoms with van der Waals surface area (Å²) >= 11 is 0. The molecule has 0 spiro atoms. The van der Waals surface area contributed by atoms with Crippen molar-refractivity contribution in [3.05, 3.63) is 48.0 Å². The molecule has 0 fully saturated rings. The van der Waals surface area contributed by atoms with Gasteiger partial charge in [0.05, 0.1) is 0 Å². The average Bonchev–Trinajstić information content (AvgIpc) is 2.61. The zero-order valence-corrected chi connectivity index (χ0v) is 14.2. The van der Waals surface area contributed by atoms with Crippen LogP contribution in [0, 0.1) is 6.92 Å². The van der Waals surface area contributed by atoms with Crippen molar-refractivity contribution in [2.24, 2.45) is 0 Å². The van der Waals surface area contributed by atoms with E-state index in [9.17, 15) is 9.59 Å². The van der Waals surface area contributed by atoms with E-state index in [2.05, 4.69) is 5.32 Å². The van der Waals surface area contributed by atoms with E-state index in [1.807, 2.05) is 31.2 Å². The second-order valence-electron chi connectivity index (χ2n) is 5.85. The molecule has 6 heteroatoms. The Hall–Kier alpha value is -3.02. The second kappa shape index (κ2) is 7.25. The van der Waals surface area contributed by atoms with Gasteiger partial charge in [-0.3, -0.25) is 9.59 Å². The number of benzene rings is 2. The number of carbonyl (C=O) groups excluding carboxylic acids is 2. The van der Waals surface area contributed by atoms with E-state index in [-0.39, 0.29) is 18.4 Å². The Morgan fingerprint density at radius 2 is 1.72 bits per heavy atom. The van der Waals surface area contributed by atoms with Gasteiger partial charge in [-0.2, -0.15) is 0 Å². The summed E-state index contributed by atoms with van der Waals surface area (Å²) in [4.78, 5) is 25.7. The third kappa shape index (κ3) is 4.09. The lowest BCUT2D eigenvalue weighted by atomic mass is 10.2. The standard InChI is InChI=1S/C19H20N2O4/c1-13-3-5-15(6-4-13)20-19(23)12-21(14(2)22)16-7-8-17-18(11-16)25-10-9-24-17/h3-8,11H,9-10,12H2,1-2H3,(H,20,23). The minimum atomic E-state index is -0.269. The molecule has 1 heterocycles. The lowest BCUT2D eigenvalue weighted by Gasteiger charge is -2.24. The van der Waals surface area contributed by atoms with E-state index in [1.54, 1.807) is 18.2 Å². The molecule has 0 aromatic heterocycles. The molecule has 0 saturated carbocycles. The summed E-state index contributed by atoms with van der Waals surface area (Å²) in [7, 11) is 0. The Kier molecular flexibility index (Phi) is 4.88. The van der Waals surface area contributed by atoms with Crippen molar-refractivity contribution in [2.75, 3.05) is 30.0 Å². The Balaban J connectivity index is 1.73. The predicted molar refractivity (Wildman–Crippen MR) is 95.3 cm³/mol. The van der Waals surface area contributed by atoms with Crippen LogP contribution < -0.4 is 19.7 Å². The van der Waals surface area contributed by atoms with Crippen molar-refractivity contribution in [3.8, 4) is 11.5 Å². The molecule has 0 atom stereocenters. The lowest BCUT2D eigenvalue weighted by molar-refractivity contribution is -0.120. The Morgan fingerprint density at radius 1 is 1.04 bits per heavy atom. The van der Waals surface area contributed by atoms with E-state index in [1.165, 1.54) is 11.8 Å². The third-order valence-corrected chi connectivity index (χ3v) is 3.85. The molecule has 1 aliphatic heterocycles. The minimum absolute atomic E-state index is 0.0805. The molecule has 25 heavy (non-hydrogen) atoms. The summed E-state index contributed by atoms with van der Waals surface area (Å²) in [5.74, 6) is 0.723. The summed E-state index contributed by atoms with van der Waals surface area (Å²) in [5, 5.41) is 2.80. The molecule has 0 bridgehead atoms. The maximum Gasteiger partial charge on any atom is 0.244 e. The van der Waals surface area contributed by atoms with Gasteiger partial charge in [0.15, 0.2) is 11.5 Å². The fourth-order valence-electron chi connectivity index (χ4n) is 2.57. The SMILES string of the molecule is CC(=O)N(CC(=O)Nc1ccc(C)cc1)c1ccc2c(c1)OCCO2. The second-order valence-corrected chi connectivity index (χ2v) is 5.85. The summed E-state index contributed by atoms with van der Waals surface area (Å²) in [6.45, 7) is 4.29. The van der Waals surface area contributed by atoms with Crippen LogP contribution in [-0.4, -0.2) is 31.6 Å². The van der Waals surface area contributed by atoms with Gasteiger partial charge in [-0.1, -0.05) is 17.7 Å². The number of aryl methyl sites for hydroxylation is 1. The fourth-order valence-corrected chi connectivity index (χ4v) is 2.57. The highest BCUT2D eigenvalue weighted by molar-refractivity contribution is 6.02. The molecule has 0 unspecified atom stereocenters. The molecule has 2 aromatic rings. The van der Waals surface area contributed by atoms with Crippen LogP contribution in [0.1, 0.15) is 12.5 Å². The van der Waals surface area contributed by atoms with E-state index >= 15 is 0 Å². The van der Waals surface area contributed by atoms with E-state index < -0.39 is 0 Å². The third-order valence-electron chi connectivity index (χ3n) is 3.85. The molecular weight excluding hydrogens is 320 g/mol. The highest BCUT2D eigenvalue weighted by Gasteiger charge is 2.19. The van der Waals surface area contributed by atoms with Crippen LogP contribution >= 0.6 is 0 Å². The maximum atomic E-state index is 12.3. The summed E-state index contributed by atoms with van der Waals surface area (Å²) in [5.41, 5.74) is 2.40. The molecule has 1 N–H and O–H groups in total. The zero-order chi connectivity index (χ0) is 17.8. The first-order valence-electron chi connectivity index (χ1n) is 8.07. The minimum Gasteiger partial charge on any atom is -0.486 e. The number of hydrogen-bond acceptors (Lipinski definition) is 4. The maximum absolute atomic E-state index is 12.3. The summed E-state index contributed by atoms with van der Waals surface area (Å²) in [6, 6.07) is 12.7. The molecular formula is C19H20N2O4. The van der Waals surface area contributed by atoms with Crippen LogP contribution in [0.2, 0.25) is 0 Å². The van der Waals surface area contributed by atoms with Gasteiger partial charge in [0, 0.05) is 24.4 Å². The Morgan fingerprint density at radius 3 is 2.40 bits per heavy atom. The normalized spacial score (nSPS) is 12.4. The quantitative estimate of drug-likeness (QED) is 0.929. The average molecular weight is 340 g/mol. The number of anilines is 2. The van der Waals surface area contributed by atoms with Crippen LogP contribution in [-0.2, 0) is 9.59 Å². The first kappa shape index (κ1) is 16.8. The molecule has 2 amide bonds. The lowest BCUT2D eigenvalue weighted by Crippen LogP contribution is -2.36. The van der Waals surface area contributed by atoms with E-state index in [0.717, 1.165) is 5.56 Å². The summed E-state index contributed by atoms with van der Waals surface area (Å²) < 4.78 is 11.0. The van der Waals surface area contributed by atoms with Gasteiger partial charge in [0.25, 0.3) is 0 Å². The fraction of sp³-hybridized carbons (Fsp3) is 0.263. The van der Waals surface area contributed by atoms with Crippen LogP contribution in [0.3, 0.4) is 0 Å². The number of hydrogen-bond donors (Lipinski definition) is 1. The van der Waals surface area contributed by atoms with Gasteiger partial charge >= 0.3 is 0 Å². The number of carbonyl (C=O) groups is 2. The predicted octanol–water partition coefficient (Wildman–Crippen LogP) is 2.76. The van der Waals surface area contributed by atoms with Gasteiger partial charge in [0.1, 0.15) is 19.8 Å². The van der Waals surface area contributed by atoms with Crippen LogP contribution in [0.4, 0.5) is 11.4 Å². The monoisotopic (exact) mass is 340 g/mol. The molecule has 0 aliphatic carbocycles. The number of nitrogens with zero attached hydrogens (tertiary/aromatic N) is 1. The largest absolute Gasteiger partial charge is 0.486 e. The van der Waals surface area contributed by atoms with E-state index in [4.69, 9.17) is 9.47 Å². The van der Waals surface area contributed by atoms with Gasteiger partial charge in [-0.25, -0.2) is 0 Å². The first-order chi connectivity index (χ1) is 12.0. The number of fused-ring (bicyclic) bond motifs is 1. The molecule has 6 nitrogen and oxygen atoms in total. The molecule has 130 valence electrons. The van der Waals surface area contributed by atoms with Crippen molar-refractivity contribution >= 4 is 23.2 Å². The van der Waals surface area contributed by atoms with Crippen molar-refractivity contribution < 1.29 is 19.1 Å². The Bertz CT molecular complexity index is 787. The van der Waals surface area contributed by atoms with E-state index in [0.29, 0.717) is 36.1 Å². The highest BCUT2D eigenvalue weighted by Crippen LogP contribution is 2.34. The number of ether oxygens (including phenoxy) is 2. The van der Waals surface area contributed by atoms with Crippen LogP contribution in [0.15, 0.2) is 42.5 Å². The van der Waals surface area contributed by atoms with Crippen molar-refractivity contribution in [1.82, 2.24) is 0 Å².